The lowest BCUT2D eigenvalue weighted by molar-refractivity contribution is 0.509. The minimum absolute atomic E-state index is 0.00958. The van der Waals surface area contributed by atoms with Gasteiger partial charge >= 0.3 is 0 Å². The van der Waals surface area contributed by atoms with Crippen LogP contribution in [0.3, 0.4) is 0 Å². The van der Waals surface area contributed by atoms with Gasteiger partial charge in [-0.05, 0) is 23.7 Å². The molecule has 1 aromatic rings. The minimum atomic E-state index is -0.00958. The molecule has 0 aliphatic heterocycles. The van der Waals surface area contributed by atoms with E-state index in [1.165, 1.54) is 6.42 Å². The zero-order valence-electron chi connectivity index (χ0n) is 11.7. The second-order valence-electron chi connectivity index (χ2n) is 6.40. The summed E-state index contributed by atoms with van der Waals surface area (Å²) in [6.45, 7) is 10.3. The average Bonchev–Trinajstić information content (AvgIpc) is 2.87. The van der Waals surface area contributed by atoms with Crippen LogP contribution in [0.4, 0.5) is 5.82 Å². The van der Waals surface area contributed by atoms with Gasteiger partial charge in [-0.1, -0.05) is 27.7 Å². The van der Waals surface area contributed by atoms with Crippen molar-refractivity contribution in [3.63, 3.8) is 0 Å². The fraction of sp³-hybridized carbons (Fsp3) is 0.714. The van der Waals surface area contributed by atoms with E-state index in [-0.39, 0.29) is 5.56 Å². The van der Waals surface area contributed by atoms with E-state index in [9.17, 15) is 4.79 Å². The predicted octanol–water partition coefficient (Wildman–Crippen LogP) is 2.36. The van der Waals surface area contributed by atoms with Crippen molar-refractivity contribution < 1.29 is 0 Å². The monoisotopic (exact) mass is 249 g/mol. The van der Waals surface area contributed by atoms with Crippen molar-refractivity contribution in [3.8, 4) is 0 Å². The molecule has 1 N–H and O–H groups in total. The Labute approximate surface area is 108 Å². The van der Waals surface area contributed by atoms with Gasteiger partial charge in [0.1, 0.15) is 0 Å². The molecular weight excluding hydrogens is 226 g/mol. The van der Waals surface area contributed by atoms with Crippen LogP contribution in [0.1, 0.15) is 34.1 Å². The first-order valence-corrected chi connectivity index (χ1v) is 6.69. The van der Waals surface area contributed by atoms with Gasteiger partial charge in [0.2, 0.25) is 0 Å². The molecule has 1 atom stereocenters. The molecule has 4 heteroatoms. The van der Waals surface area contributed by atoms with E-state index < -0.39 is 0 Å². The van der Waals surface area contributed by atoms with Gasteiger partial charge in [0.25, 0.3) is 5.56 Å². The molecule has 18 heavy (non-hydrogen) atoms. The third kappa shape index (κ3) is 2.92. The van der Waals surface area contributed by atoms with Crippen LogP contribution < -0.4 is 10.9 Å². The summed E-state index contributed by atoms with van der Waals surface area (Å²) in [5.41, 5.74) is 0.420. The quantitative estimate of drug-likeness (QED) is 0.871. The summed E-state index contributed by atoms with van der Waals surface area (Å²) in [7, 11) is 0. The van der Waals surface area contributed by atoms with Gasteiger partial charge in [0.15, 0.2) is 5.82 Å². The van der Waals surface area contributed by atoms with Crippen LogP contribution in [0.5, 0.6) is 0 Å². The zero-order chi connectivity index (χ0) is 13.3. The predicted molar refractivity (Wildman–Crippen MR) is 73.7 cm³/mol. The molecule has 0 aromatic carbocycles. The minimum Gasteiger partial charge on any atom is -0.365 e. The van der Waals surface area contributed by atoms with Crippen molar-refractivity contribution in [3.05, 3.63) is 22.7 Å². The van der Waals surface area contributed by atoms with Gasteiger partial charge in [0, 0.05) is 25.5 Å². The van der Waals surface area contributed by atoms with Crippen LogP contribution in [0.2, 0.25) is 0 Å². The highest BCUT2D eigenvalue weighted by atomic mass is 16.1. The van der Waals surface area contributed by atoms with E-state index in [1.807, 2.05) is 0 Å². The molecule has 1 saturated carbocycles. The van der Waals surface area contributed by atoms with Crippen molar-refractivity contribution in [2.75, 3.05) is 11.9 Å². The molecule has 1 aliphatic carbocycles. The smallest absolute Gasteiger partial charge is 0.293 e. The van der Waals surface area contributed by atoms with Crippen LogP contribution in [-0.2, 0) is 6.54 Å². The summed E-state index contributed by atoms with van der Waals surface area (Å²) in [6, 6.07) is 0. The van der Waals surface area contributed by atoms with Gasteiger partial charge in [-0.25, -0.2) is 4.98 Å². The third-order valence-corrected chi connectivity index (χ3v) is 3.71. The van der Waals surface area contributed by atoms with Gasteiger partial charge in [0.05, 0.1) is 0 Å². The molecule has 1 heterocycles. The number of aromatic nitrogens is 2. The Morgan fingerprint density at radius 3 is 2.78 bits per heavy atom. The molecule has 1 aromatic heterocycles. The van der Waals surface area contributed by atoms with E-state index in [0.717, 1.165) is 13.1 Å². The van der Waals surface area contributed by atoms with Crippen LogP contribution in [0.15, 0.2) is 17.2 Å². The highest BCUT2D eigenvalue weighted by Gasteiger charge is 2.45. The Balaban J connectivity index is 2.02. The van der Waals surface area contributed by atoms with Gasteiger partial charge in [-0.2, -0.15) is 0 Å². The lowest BCUT2D eigenvalue weighted by Gasteiger charge is -2.11. The Morgan fingerprint density at radius 1 is 1.56 bits per heavy atom. The van der Waals surface area contributed by atoms with E-state index in [2.05, 4.69) is 38.0 Å². The molecule has 1 fully saturated rings. The molecule has 4 nitrogen and oxygen atoms in total. The van der Waals surface area contributed by atoms with Crippen LogP contribution in [0, 0.1) is 17.3 Å². The Kier molecular flexibility index (Phi) is 3.46. The Hall–Kier alpha value is -1.32. The van der Waals surface area contributed by atoms with Gasteiger partial charge in [-0.3, -0.25) is 4.79 Å². The standard InChI is InChI=1S/C14H23N3O/c1-10(2)9-17-6-5-15-12(13(17)18)16-8-11-7-14(11,3)4/h5-6,10-11H,7-9H2,1-4H3,(H,15,16). The number of hydrogen-bond acceptors (Lipinski definition) is 3. The lowest BCUT2D eigenvalue weighted by atomic mass is 10.1. The number of anilines is 1. The van der Waals surface area contributed by atoms with Crippen molar-refractivity contribution in [2.24, 2.45) is 17.3 Å². The van der Waals surface area contributed by atoms with Crippen LogP contribution >= 0.6 is 0 Å². The van der Waals surface area contributed by atoms with Gasteiger partial charge < -0.3 is 9.88 Å². The molecule has 0 saturated heterocycles. The molecule has 0 spiro atoms. The fourth-order valence-electron chi connectivity index (χ4n) is 2.25. The molecular formula is C14H23N3O. The maximum atomic E-state index is 12.1. The first-order chi connectivity index (χ1) is 8.40. The molecule has 1 unspecified atom stereocenters. The normalized spacial score (nSPS) is 21.1. The summed E-state index contributed by atoms with van der Waals surface area (Å²) in [5.74, 6) is 1.61. The van der Waals surface area contributed by atoms with Crippen molar-refractivity contribution in [2.45, 2.75) is 40.7 Å². The highest BCUT2D eigenvalue weighted by molar-refractivity contribution is 5.31. The van der Waals surface area contributed by atoms with Crippen molar-refractivity contribution >= 4 is 5.82 Å². The Bertz CT molecular complexity index is 476. The van der Waals surface area contributed by atoms with E-state index in [4.69, 9.17) is 0 Å². The number of rotatable bonds is 5. The summed E-state index contributed by atoms with van der Waals surface area (Å²) < 4.78 is 1.73. The average molecular weight is 249 g/mol. The molecule has 0 radical (unpaired) electrons. The van der Waals surface area contributed by atoms with E-state index in [1.54, 1.807) is 17.0 Å². The fourth-order valence-corrected chi connectivity index (χ4v) is 2.25. The first kappa shape index (κ1) is 13.1. The summed E-state index contributed by atoms with van der Waals surface area (Å²) in [4.78, 5) is 16.3. The summed E-state index contributed by atoms with van der Waals surface area (Å²) in [6.07, 6.45) is 4.69. The molecule has 2 rings (SSSR count). The van der Waals surface area contributed by atoms with Crippen molar-refractivity contribution in [1.29, 1.82) is 0 Å². The van der Waals surface area contributed by atoms with Crippen LogP contribution in [-0.4, -0.2) is 16.1 Å². The maximum absolute atomic E-state index is 12.1. The SMILES string of the molecule is CC(C)Cn1ccnc(NCC2CC2(C)C)c1=O. The molecule has 1 aliphatic rings. The van der Waals surface area contributed by atoms with Crippen molar-refractivity contribution in [1.82, 2.24) is 9.55 Å². The van der Waals surface area contributed by atoms with E-state index >= 15 is 0 Å². The third-order valence-electron chi connectivity index (χ3n) is 3.71. The van der Waals surface area contributed by atoms with Gasteiger partial charge in [-0.15, -0.1) is 0 Å². The molecule has 0 amide bonds. The summed E-state index contributed by atoms with van der Waals surface area (Å²) in [5, 5.41) is 3.20. The van der Waals surface area contributed by atoms with E-state index in [0.29, 0.717) is 23.1 Å². The number of nitrogens with zero attached hydrogens (tertiary/aromatic N) is 2. The zero-order valence-corrected chi connectivity index (χ0v) is 11.7. The largest absolute Gasteiger partial charge is 0.365 e. The maximum Gasteiger partial charge on any atom is 0.293 e. The number of nitrogens with one attached hydrogen (secondary N) is 1. The number of hydrogen-bond donors (Lipinski definition) is 1. The van der Waals surface area contributed by atoms with Crippen LogP contribution in [0.25, 0.3) is 0 Å². The molecule has 0 bridgehead atoms. The topological polar surface area (TPSA) is 46.9 Å². The Morgan fingerprint density at radius 2 is 2.22 bits per heavy atom. The highest BCUT2D eigenvalue weighted by Crippen LogP contribution is 2.51. The first-order valence-electron chi connectivity index (χ1n) is 6.69. The second kappa shape index (κ2) is 4.75. The second-order valence-corrected chi connectivity index (χ2v) is 6.40. The summed E-state index contributed by atoms with van der Waals surface area (Å²) >= 11 is 0. The lowest BCUT2D eigenvalue weighted by Crippen LogP contribution is -2.26. The molecule has 100 valence electrons.